The fraction of sp³-hybridized carbons (Fsp3) is 0.200. The highest BCUT2D eigenvalue weighted by molar-refractivity contribution is 7.99. The van der Waals surface area contributed by atoms with Gasteiger partial charge in [0.15, 0.2) is 5.16 Å². The molecule has 2 aromatic carbocycles. The Morgan fingerprint density at radius 2 is 1.88 bits per heavy atom. The third-order valence-corrected chi connectivity index (χ3v) is 4.80. The van der Waals surface area contributed by atoms with Gasteiger partial charge in [0.25, 0.3) is 0 Å². The molecule has 0 N–H and O–H groups in total. The number of aromatic nitrogens is 2. The first-order valence-corrected chi connectivity index (χ1v) is 8.91. The average molecular weight is 336 g/mol. The van der Waals surface area contributed by atoms with Crippen molar-refractivity contribution in [3.8, 4) is 5.69 Å². The van der Waals surface area contributed by atoms with E-state index in [-0.39, 0.29) is 5.78 Å². The molecule has 0 amide bonds. The maximum Gasteiger partial charge on any atom is 0.173 e. The van der Waals surface area contributed by atoms with Gasteiger partial charge in [-0.3, -0.25) is 9.36 Å². The van der Waals surface area contributed by atoms with Gasteiger partial charge in [-0.05, 0) is 37.1 Å². The van der Waals surface area contributed by atoms with Crippen molar-refractivity contribution < 1.29 is 4.79 Å². The van der Waals surface area contributed by atoms with E-state index >= 15 is 0 Å². The highest BCUT2D eigenvalue weighted by Crippen LogP contribution is 2.21. The molecule has 0 atom stereocenters. The van der Waals surface area contributed by atoms with Crippen LogP contribution in [0.4, 0.5) is 0 Å². The summed E-state index contributed by atoms with van der Waals surface area (Å²) >= 11 is 1.49. The number of Topliss-reactive ketones (excluding diaryl/α,β-unsaturated/α-hetero) is 1. The predicted molar refractivity (Wildman–Crippen MR) is 98.9 cm³/mol. The third kappa shape index (κ3) is 4.15. The Bertz CT molecular complexity index is 837. The fourth-order valence-electron chi connectivity index (χ4n) is 2.50. The molecule has 0 radical (unpaired) electrons. The molecule has 24 heavy (non-hydrogen) atoms. The van der Waals surface area contributed by atoms with Crippen LogP contribution in [0.3, 0.4) is 0 Å². The van der Waals surface area contributed by atoms with E-state index in [4.69, 9.17) is 0 Å². The Hall–Kier alpha value is -2.33. The van der Waals surface area contributed by atoms with Crippen molar-refractivity contribution >= 4 is 17.5 Å². The maximum absolute atomic E-state index is 12.2. The topological polar surface area (TPSA) is 34.9 Å². The molecular weight excluding hydrogens is 316 g/mol. The Morgan fingerprint density at radius 1 is 1.08 bits per heavy atom. The van der Waals surface area contributed by atoms with Crippen molar-refractivity contribution in [1.29, 1.82) is 0 Å². The summed E-state index contributed by atoms with van der Waals surface area (Å²) in [5.74, 6) is 0.638. The van der Waals surface area contributed by atoms with E-state index in [0.717, 1.165) is 16.4 Å². The molecule has 0 saturated heterocycles. The van der Waals surface area contributed by atoms with E-state index < -0.39 is 0 Å². The standard InChI is InChI=1S/C20H20N2OS/c1-15-6-8-17(9-7-15)13-19(23)14-24-20-21-10-11-22(20)18-5-3-4-16(2)12-18/h3-12H,13-14H2,1-2H3. The second-order valence-corrected chi connectivity index (χ2v) is 6.85. The van der Waals surface area contributed by atoms with Gasteiger partial charge in [-0.15, -0.1) is 0 Å². The summed E-state index contributed by atoms with van der Waals surface area (Å²) in [6.07, 6.45) is 4.18. The number of carbonyl (C=O) groups excluding carboxylic acids is 1. The van der Waals surface area contributed by atoms with Crippen LogP contribution in [-0.4, -0.2) is 21.1 Å². The zero-order valence-corrected chi connectivity index (χ0v) is 14.7. The van der Waals surface area contributed by atoms with Gasteiger partial charge < -0.3 is 0 Å². The number of ketones is 1. The van der Waals surface area contributed by atoms with Gasteiger partial charge in [0, 0.05) is 24.5 Å². The predicted octanol–water partition coefficient (Wildman–Crippen LogP) is 4.39. The summed E-state index contributed by atoms with van der Waals surface area (Å²) in [4.78, 5) is 16.6. The molecule has 0 saturated carbocycles. The maximum atomic E-state index is 12.2. The number of aryl methyl sites for hydroxylation is 2. The number of nitrogens with zero attached hydrogens (tertiary/aromatic N) is 2. The largest absolute Gasteiger partial charge is 0.298 e. The molecular formula is C20H20N2OS. The number of thioether (sulfide) groups is 1. The van der Waals surface area contributed by atoms with Crippen LogP contribution < -0.4 is 0 Å². The molecule has 1 aromatic heterocycles. The van der Waals surface area contributed by atoms with Crippen molar-refractivity contribution in [3.63, 3.8) is 0 Å². The van der Waals surface area contributed by atoms with Crippen LogP contribution in [0.5, 0.6) is 0 Å². The van der Waals surface area contributed by atoms with Crippen molar-refractivity contribution in [2.24, 2.45) is 0 Å². The Labute approximate surface area is 146 Å². The molecule has 4 heteroatoms. The average Bonchev–Trinajstić information content (AvgIpc) is 3.04. The SMILES string of the molecule is Cc1ccc(CC(=O)CSc2nccn2-c2cccc(C)c2)cc1. The first kappa shape index (κ1) is 16.5. The highest BCUT2D eigenvalue weighted by atomic mass is 32.2. The highest BCUT2D eigenvalue weighted by Gasteiger charge is 2.10. The molecule has 3 nitrogen and oxygen atoms in total. The van der Waals surface area contributed by atoms with Gasteiger partial charge in [0.2, 0.25) is 0 Å². The van der Waals surface area contributed by atoms with Crippen LogP contribution in [0.1, 0.15) is 16.7 Å². The van der Waals surface area contributed by atoms with Gasteiger partial charge >= 0.3 is 0 Å². The van der Waals surface area contributed by atoms with Gasteiger partial charge in [-0.25, -0.2) is 4.98 Å². The molecule has 0 aliphatic rings. The zero-order chi connectivity index (χ0) is 16.9. The molecule has 0 aliphatic carbocycles. The number of hydrogen-bond acceptors (Lipinski definition) is 3. The van der Waals surface area contributed by atoms with Crippen molar-refractivity contribution in [1.82, 2.24) is 9.55 Å². The van der Waals surface area contributed by atoms with E-state index in [9.17, 15) is 4.79 Å². The van der Waals surface area contributed by atoms with E-state index in [1.54, 1.807) is 6.20 Å². The van der Waals surface area contributed by atoms with Crippen LogP contribution in [-0.2, 0) is 11.2 Å². The van der Waals surface area contributed by atoms with Crippen LogP contribution in [0.15, 0.2) is 66.1 Å². The number of carbonyl (C=O) groups is 1. The molecule has 0 bridgehead atoms. The number of rotatable bonds is 6. The van der Waals surface area contributed by atoms with Crippen LogP contribution in [0, 0.1) is 13.8 Å². The molecule has 0 fully saturated rings. The lowest BCUT2D eigenvalue weighted by atomic mass is 10.1. The first-order chi connectivity index (χ1) is 11.6. The summed E-state index contributed by atoms with van der Waals surface area (Å²) in [6, 6.07) is 16.4. The molecule has 0 aliphatic heterocycles. The van der Waals surface area contributed by atoms with Crippen LogP contribution in [0.25, 0.3) is 5.69 Å². The normalized spacial score (nSPS) is 10.8. The second kappa shape index (κ2) is 7.49. The van der Waals surface area contributed by atoms with Gasteiger partial charge in [0.1, 0.15) is 5.78 Å². The summed E-state index contributed by atoms with van der Waals surface area (Å²) in [5.41, 5.74) is 4.54. The minimum atomic E-state index is 0.211. The molecule has 122 valence electrons. The summed E-state index contributed by atoms with van der Waals surface area (Å²) in [6.45, 7) is 4.12. The van der Waals surface area contributed by atoms with E-state index in [1.165, 1.54) is 22.9 Å². The minimum absolute atomic E-state index is 0.211. The number of benzene rings is 2. The van der Waals surface area contributed by atoms with E-state index in [2.05, 4.69) is 24.0 Å². The monoisotopic (exact) mass is 336 g/mol. The summed E-state index contributed by atoms with van der Waals surface area (Å²) in [7, 11) is 0. The summed E-state index contributed by atoms with van der Waals surface area (Å²) < 4.78 is 2.02. The van der Waals surface area contributed by atoms with Crippen molar-refractivity contribution in [2.45, 2.75) is 25.4 Å². The van der Waals surface area contributed by atoms with Crippen molar-refractivity contribution in [3.05, 3.63) is 77.6 Å². The van der Waals surface area contributed by atoms with Crippen molar-refractivity contribution in [2.75, 3.05) is 5.75 Å². The van der Waals surface area contributed by atoms with E-state index in [1.807, 2.05) is 54.1 Å². The molecule has 3 rings (SSSR count). The van der Waals surface area contributed by atoms with Crippen LogP contribution >= 0.6 is 11.8 Å². The second-order valence-electron chi connectivity index (χ2n) is 5.91. The lowest BCUT2D eigenvalue weighted by molar-refractivity contribution is -0.116. The first-order valence-electron chi connectivity index (χ1n) is 7.92. The fourth-order valence-corrected chi connectivity index (χ4v) is 3.33. The molecule has 3 aromatic rings. The smallest absolute Gasteiger partial charge is 0.173 e. The molecule has 0 spiro atoms. The Balaban J connectivity index is 1.64. The Morgan fingerprint density at radius 3 is 2.62 bits per heavy atom. The lowest BCUT2D eigenvalue weighted by Gasteiger charge is -2.08. The van der Waals surface area contributed by atoms with Gasteiger partial charge in [-0.1, -0.05) is 53.7 Å². The van der Waals surface area contributed by atoms with Gasteiger partial charge in [-0.2, -0.15) is 0 Å². The quantitative estimate of drug-likeness (QED) is 0.626. The number of imidazole rings is 1. The van der Waals surface area contributed by atoms with E-state index in [0.29, 0.717) is 12.2 Å². The molecule has 1 heterocycles. The summed E-state index contributed by atoms with van der Waals surface area (Å²) in [5, 5.41) is 0.845. The van der Waals surface area contributed by atoms with Gasteiger partial charge in [0.05, 0.1) is 5.75 Å². The third-order valence-electron chi connectivity index (χ3n) is 3.77. The zero-order valence-electron chi connectivity index (χ0n) is 13.9. The minimum Gasteiger partial charge on any atom is -0.298 e. The lowest BCUT2D eigenvalue weighted by Crippen LogP contribution is -2.07. The molecule has 0 unspecified atom stereocenters. The van der Waals surface area contributed by atoms with Crippen LogP contribution in [0.2, 0.25) is 0 Å². The Kier molecular flexibility index (Phi) is 5.16. The number of hydrogen-bond donors (Lipinski definition) is 0.